The van der Waals surface area contributed by atoms with Crippen LogP contribution in [0.4, 0.5) is 5.69 Å². The Hall–Kier alpha value is -2.54. The molecule has 0 radical (unpaired) electrons. The highest BCUT2D eigenvalue weighted by Gasteiger charge is 2.16. The van der Waals surface area contributed by atoms with Crippen LogP contribution in [0.25, 0.3) is 0 Å². The summed E-state index contributed by atoms with van der Waals surface area (Å²) in [7, 11) is -3.78. The van der Waals surface area contributed by atoms with E-state index in [-0.39, 0.29) is 27.1 Å². The number of carbonyl (C=O) groups is 1. The summed E-state index contributed by atoms with van der Waals surface area (Å²) in [5.74, 6) is -0.374. The molecule has 0 aliphatic rings. The SMILES string of the molecule is Cc1ccc(S(=O)(=O)Nc2ccc(Cl)c(C(=O)NCCCc3ccccc3Cl)c2)cc1. The molecule has 31 heavy (non-hydrogen) atoms. The fourth-order valence-corrected chi connectivity index (χ4v) is 4.45. The van der Waals surface area contributed by atoms with Crippen molar-refractivity contribution in [1.29, 1.82) is 0 Å². The minimum atomic E-state index is -3.78. The molecule has 0 aromatic heterocycles. The van der Waals surface area contributed by atoms with Crippen LogP contribution in [-0.2, 0) is 16.4 Å². The third-order valence-electron chi connectivity index (χ3n) is 4.66. The molecule has 8 heteroatoms. The van der Waals surface area contributed by atoms with Crippen molar-refractivity contribution >= 4 is 44.8 Å². The molecule has 162 valence electrons. The first kappa shape index (κ1) is 23.1. The molecule has 0 saturated carbocycles. The second-order valence-electron chi connectivity index (χ2n) is 7.06. The average Bonchev–Trinajstić information content (AvgIpc) is 2.73. The van der Waals surface area contributed by atoms with Gasteiger partial charge in [-0.3, -0.25) is 9.52 Å². The van der Waals surface area contributed by atoms with E-state index in [0.29, 0.717) is 18.0 Å². The molecule has 0 heterocycles. The summed E-state index contributed by atoms with van der Waals surface area (Å²) >= 11 is 12.3. The Bertz CT molecular complexity index is 1180. The zero-order valence-corrected chi connectivity index (χ0v) is 19.2. The quantitative estimate of drug-likeness (QED) is 0.423. The van der Waals surface area contributed by atoms with E-state index >= 15 is 0 Å². The Morgan fingerprint density at radius 1 is 0.935 bits per heavy atom. The highest BCUT2D eigenvalue weighted by molar-refractivity contribution is 7.92. The van der Waals surface area contributed by atoms with Gasteiger partial charge in [0.05, 0.1) is 15.5 Å². The summed E-state index contributed by atoms with van der Waals surface area (Å²) in [6.07, 6.45) is 1.43. The lowest BCUT2D eigenvalue weighted by Gasteiger charge is -2.12. The molecule has 0 aliphatic heterocycles. The number of sulfonamides is 1. The molecule has 0 atom stereocenters. The third-order valence-corrected chi connectivity index (χ3v) is 6.76. The maximum absolute atomic E-state index is 12.6. The summed E-state index contributed by atoms with van der Waals surface area (Å²) in [6.45, 7) is 2.31. The lowest BCUT2D eigenvalue weighted by Crippen LogP contribution is -2.25. The van der Waals surface area contributed by atoms with Crippen LogP contribution >= 0.6 is 23.2 Å². The predicted molar refractivity (Wildman–Crippen MR) is 126 cm³/mol. The van der Waals surface area contributed by atoms with Gasteiger partial charge in [0.2, 0.25) is 0 Å². The highest BCUT2D eigenvalue weighted by atomic mass is 35.5. The van der Waals surface area contributed by atoms with E-state index in [9.17, 15) is 13.2 Å². The molecule has 2 N–H and O–H groups in total. The normalized spacial score (nSPS) is 11.2. The van der Waals surface area contributed by atoms with Crippen molar-refractivity contribution in [3.05, 3.63) is 93.5 Å². The number of halogens is 2. The molecule has 0 bridgehead atoms. The number of amides is 1. The predicted octanol–water partition coefficient (Wildman–Crippen LogP) is 5.47. The van der Waals surface area contributed by atoms with Crippen LogP contribution in [0.3, 0.4) is 0 Å². The summed E-state index contributed by atoms with van der Waals surface area (Å²) in [5.41, 5.74) is 2.43. The van der Waals surface area contributed by atoms with Gasteiger partial charge in [-0.2, -0.15) is 0 Å². The Morgan fingerprint density at radius 3 is 2.35 bits per heavy atom. The standard InChI is InChI=1S/C23H22Cl2N2O3S/c1-16-8-11-19(12-9-16)31(29,30)27-18-10-13-22(25)20(15-18)23(28)26-14-4-6-17-5-2-3-7-21(17)24/h2-3,5,7-13,15,27H,4,6,14H2,1H3,(H,26,28). The van der Waals surface area contributed by atoms with Gasteiger partial charge in [-0.05, 0) is 61.7 Å². The minimum Gasteiger partial charge on any atom is -0.352 e. The Kier molecular flexibility index (Phi) is 7.59. The molecule has 0 unspecified atom stereocenters. The average molecular weight is 477 g/mol. The van der Waals surface area contributed by atoms with E-state index < -0.39 is 10.0 Å². The zero-order chi connectivity index (χ0) is 22.4. The fourth-order valence-electron chi connectivity index (χ4n) is 2.97. The molecular weight excluding hydrogens is 455 g/mol. The largest absolute Gasteiger partial charge is 0.352 e. The Morgan fingerprint density at radius 2 is 1.65 bits per heavy atom. The van der Waals surface area contributed by atoms with Gasteiger partial charge in [0.25, 0.3) is 15.9 Å². The summed E-state index contributed by atoms with van der Waals surface area (Å²) in [5, 5.41) is 3.75. The lowest BCUT2D eigenvalue weighted by atomic mass is 10.1. The van der Waals surface area contributed by atoms with Gasteiger partial charge in [0, 0.05) is 17.3 Å². The molecule has 0 spiro atoms. The van der Waals surface area contributed by atoms with Crippen molar-refractivity contribution in [2.45, 2.75) is 24.7 Å². The van der Waals surface area contributed by atoms with Crippen LogP contribution in [0.5, 0.6) is 0 Å². The van der Waals surface area contributed by atoms with E-state index in [0.717, 1.165) is 17.5 Å². The topological polar surface area (TPSA) is 75.3 Å². The van der Waals surface area contributed by atoms with E-state index in [1.54, 1.807) is 12.1 Å². The Labute approximate surface area is 192 Å². The first-order valence-electron chi connectivity index (χ1n) is 9.67. The number of hydrogen-bond donors (Lipinski definition) is 2. The van der Waals surface area contributed by atoms with Gasteiger partial charge in [-0.15, -0.1) is 0 Å². The summed E-state index contributed by atoms with van der Waals surface area (Å²) < 4.78 is 27.7. The van der Waals surface area contributed by atoms with Gasteiger partial charge in [0.15, 0.2) is 0 Å². The first-order chi connectivity index (χ1) is 14.8. The minimum absolute atomic E-state index is 0.138. The number of anilines is 1. The summed E-state index contributed by atoms with van der Waals surface area (Å²) in [4.78, 5) is 12.7. The van der Waals surface area contributed by atoms with Crippen LogP contribution in [0.1, 0.15) is 27.9 Å². The monoisotopic (exact) mass is 476 g/mol. The van der Waals surface area contributed by atoms with E-state index in [1.807, 2.05) is 31.2 Å². The highest BCUT2D eigenvalue weighted by Crippen LogP contribution is 2.23. The number of carbonyl (C=O) groups excluding carboxylic acids is 1. The van der Waals surface area contributed by atoms with Crippen LogP contribution in [-0.4, -0.2) is 20.9 Å². The third kappa shape index (κ3) is 6.23. The number of rotatable bonds is 8. The molecule has 0 aliphatic carbocycles. The van der Waals surface area contributed by atoms with Crippen molar-refractivity contribution in [3.8, 4) is 0 Å². The first-order valence-corrected chi connectivity index (χ1v) is 11.9. The van der Waals surface area contributed by atoms with Crippen LogP contribution in [0, 0.1) is 6.92 Å². The van der Waals surface area contributed by atoms with Crippen molar-refractivity contribution in [2.75, 3.05) is 11.3 Å². The van der Waals surface area contributed by atoms with Crippen LogP contribution in [0.2, 0.25) is 10.0 Å². The van der Waals surface area contributed by atoms with Gasteiger partial charge in [-0.1, -0.05) is 59.1 Å². The van der Waals surface area contributed by atoms with Gasteiger partial charge in [0.1, 0.15) is 0 Å². The molecular formula is C23H22Cl2N2O3S. The van der Waals surface area contributed by atoms with E-state index in [4.69, 9.17) is 23.2 Å². The zero-order valence-electron chi connectivity index (χ0n) is 16.9. The molecule has 3 aromatic carbocycles. The number of hydrogen-bond acceptors (Lipinski definition) is 3. The molecule has 5 nitrogen and oxygen atoms in total. The van der Waals surface area contributed by atoms with Crippen molar-refractivity contribution in [1.82, 2.24) is 5.32 Å². The van der Waals surface area contributed by atoms with E-state index in [1.165, 1.54) is 30.3 Å². The molecule has 0 saturated heterocycles. The summed E-state index contributed by atoms with van der Waals surface area (Å²) in [6, 6.07) is 18.5. The molecule has 3 aromatic rings. The second kappa shape index (κ2) is 10.2. The fraction of sp³-hybridized carbons (Fsp3) is 0.174. The van der Waals surface area contributed by atoms with Crippen molar-refractivity contribution in [2.24, 2.45) is 0 Å². The molecule has 1 amide bonds. The molecule has 0 fully saturated rings. The maximum atomic E-state index is 12.6. The van der Waals surface area contributed by atoms with Crippen molar-refractivity contribution < 1.29 is 13.2 Å². The second-order valence-corrected chi connectivity index (χ2v) is 9.56. The van der Waals surface area contributed by atoms with Crippen LogP contribution < -0.4 is 10.0 Å². The van der Waals surface area contributed by atoms with Gasteiger partial charge >= 0.3 is 0 Å². The smallest absolute Gasteiger partial charge is 0.261 e. The van der Waals surface area contributed by atoms with Crippen molar-refractivity contribution in [3.63, 3.8) is 0 Å². The van der Waals surface area contributed by atoms with Gasteiger partial charge < -0.3 is 5.32 Å². The molecule has 3 rings (SSSR count). The van der Waals surface area contributed by atoms with Crippen LogP contribution in [0.15, 0.2) is 71.6 Å². The Balaban J connectivity index is 1.64. The number of aryl methyl sites for hydroxylation is 2. The number of benzene rings is 3. The van der Waals surface area contributed by atoms with Gasteiger partial charge in [-0.25, -0.2) is 8.42 Å². The van der Waals surface area contributed by atoms with E-state index in [2.05, 4.69) is 10.0 Å². The maximum Gasteiger partial charge on any atom is 0.261 e. The lowest BCUT2D eigenvalue weighted by molar-refractivity contribution is 0.0953. The number of nitrogens with one attached hydrogen (secondary N) is 2.